The number of carbonyl (C=O) groups excluding carboxylic acids is 2. The normalized spacial score (nSPS) is 20.9. The van der Waals surface area contributed by atoms with Crippen molar-refractivity contribution in [2.24, 2.45) is 0 Å². The summed E-state index contributed by atoms with van der Waals surface area (Å²) in [5, 5.41) is 17.8. The van der Waals surface area contributed by atoms with Crippen LogP contribution in [0.1, 0.15) is 29.8 Å². The lowest BCUT2D eigenvalue weighted by atomic mass is 9.97. The summed E-state index contributed by atoms with van der Waals surface area (Å²) in [5.74, 6) is -0.743. The van der Waals surface area contributed by atoms with E-state index in [0.29, 0.717) is 31.5 Å². The summed E-state index contributed by atoms with van der Waals surface area (Å²) in [7, 11) is 0. The Morgan fingerprint density at radius 1 is 1.20 bits per heavy atom. The Morgan fingerprint density at radius 2 is 2.00 bits per heavy atom. The zero-order valence-corrected chi connectivity index (χ0v) is 16.3. The van der Waals surface area contributed by atoms with E-state index in [-0.39, 0.29) is 36.2 Å². The molecule has 0 spiro atoms. The van der Waals surface area contributed by atoms with Crippen molar-refractivity contribution in [1.29, 1.82) is 0 Å². The predicted octanol–water partition coefficient (Wildman–Crippen LogP) is 1.47. The van der Waals surface area contributed by atoms with Gasteiger partial charge in [0.05, 0.1) is 24.9 Å². The maximum Gasteiger partial charge on any atom is 0.319 e. The average Bonchev–Trinajstić information content (AvgIpc) is 2.77. The standard InChI is InChI=1S/C20H24FN5O4/c21-13-1-3-14(4-2-13)25-20(29)24-8-7-15-5-6-16(18(12-27)30-15)26-19(28)17-11-22-9-10-23-17/h1-4,9-11,15-16,18,27H,5-8,12H2,(H,26,28)(H2,24,25,29)/t15-,16-,18+/m1/s1. The van der Waals surface area contributed by atoms with Gasteiger partial charge in [-0.05, 0) is 43.5 Å². The predicted molar refractivity (Wildman–Crippen MR) is 106 cm³/mol. The molecule has 0 aliphatic carbocycles. The Kier molecular flexibility index (Phi) is 7.63. The van der Waals surface area contributed by atoms with Crippen LogP contribution >= 0.6 is 0 Å². The number of hydrogen-bond donors (Lipinski definition) is 4. The van der Waals surface area contributed by atoms with E-state index in [4.69, 9.17) is 4.74 Å². The maximum absolute atomic E-state index is 12.9. The third-order valence-electron chi connectivity index (χ3n) is 4.76. The molecule has 3 atom stereocenters. The third kappa shape index (κ3) is 6.19. The molecule has 10 heteroatoms. The van der Waals surface area contributed by atoms with E-state index in [1.54, 1.807) is 0 Å². The van der Waals surface area contributed by atoms with E-state index >= 15 is 0 Å². The summed E-state index contributed by atoms with van der Waals surface area (Å²) in [6.07, 6.45) is 5.44. The Labute approximate surface area is 173 Å². The molecule has 4 N–H and O–H groups in total. The SMILES string of the molecule is O=C(NCC[C@H]1CC[C@@H](NC(=O)c2cnccn2)[C@H](CO)O1)Nc1ccc(F)cc1. The summed E-state index contributed by atoms with van der Waals surface area (Å²) >= 11 is 0. The van der Waals surface area contributed by atoms with Crippen molar-refractivity contribution in [3.63, 3.8) is 0 Å². The monoisotopic (exact) mass is 417 g/mol. The summed E-state index contributed by atoms with van der Waals surface area (Å²) in [6.45, 7) is 0.132. The number of halogens is 1. The van der Waals surface area contributed by atoms with Gasteiger partial charge in [0.1, 0.15) is 17.6 Å². The average molecular weight is 417 g/mol. The van der Waals surface area contributed by atoms with Crippen molar-refractivity contribution < 1.29 is 23.8 Å². The van der Waals surface area contributed by atoms with Crippen LogP contribution in [-0.2, 0) is 4.74 Å². The summed E-state index contributed by atoms with van der Waals surface area (Å²) in [5.41, 5.74) is 0.692. The van der Waals surface area contributed by atoms with Gasteiger partial charge in [0.2, 0.25) is 0 Å². The Balaban J connectivity index is 1.40. The molecule has 9 nitrogen and oxygen atoms in total. The minimum Gasteiger partial charge on any atom is -0.394 e. The second-order valence-electron chi connectivity index (χ2n) is 6.90. The largest absolute Gasteiger partial charge is 0.394 e. The van der Waals surface area contributed by atoms with E-state index in [9.17, 15) is 19.1 Å². The molecule has 0 radical (unpaired) electrons. The van der Waals surface area contributed by atoms with Crippen molar-refractivity contribution in [3.8, 4) is 0 Å². The number of nitrogens with one attached hydrogen (secondary N) is 3. The summed E-state index contributed by atoms with van der Waals surface area (Å²) in [6, 6.07) is 4.74. The van der Waals surface area contributed by atoms with Crippen LogP contribution in [0.4, 0.5) is 14.9 Å². The zero-order valence-electron chi connectivity index (χ0n) is 16.3. The molecule has 160 valence electrons. The van der Waals surface area contributed by atoms with E-state index in [2.05, 4.69) is 25.9 Å². The molecule has 0 bridgehead atoms. The molecule has 0 unspecified atom stereocenters. The van der Waals surface area contributed by atoms with Crippen molar-refractivity contribution in [1.82, 2.24) is 20.6 Å². The number of aliphatic hydroxyl groups is 1. The molecule has 30 heavy (non-hydrogen) atoms. The smallest absolute Gasteiger partial charge is 0.319 e. The van der Waals surface area contributed by atoms with Gasteiger partial charge in [-0.15, -0.1) is 0 Å². The van der Waals surface area contributed by atoms with Gasteiger partial charge in [-0.3, -0.25) is 9.78 Å². The lowest BCUT2D eigenvalue weighted by molar-refractivity contribution is -0.0892. The number of amides is 3. The van der Waals surface area contributed by atoms with Crippen LogP contribution in [0.25, 0.3) is 0 Å². The highest BCUT2D eigenvalue weighted by atomic mass is 19.1. The maximum atomic E-state index is 12.9. The molecule has 1 aliphatic rings. The molecular weight excluding hydrogens is 393 g/mol. The Bertz CT molecular complexity index is 837. The molecule has 1 saturated heterocycles. The number of carbonyl (C=O) groups is 2. The number of nitrogens with zero attached hydrogens (tertiary/aromatic N) is 2. The topological polar surface area (TPSA) is 125 Å². The van der Waals surface area contributed by atoms with Crippen LogP contribution in [0.2, 0.25) is 0 Å². The van der Waals surface area contributed by atoms with Crippen molar-refractivity contribution in [2.75, 3.05) is 18.5 Å². The molecule has 0 saturated carbocycles. The van der Waals surface area contributed by atoms with Gasteiger partial charge >= 0.3 is 6.03 Å². The highest BCUT2D eigenvalue weighted by Gasteiger charge is 2.32. The van der Waals surface area contributed by atoms with Crippen LogP contribution in [0.15, 0.2) is 42.9 Å². The first kappa shape index (κ1) is 21.6. The van der Waals surface area contributed by atoms with Gasteiger partial charge in [0.15, 0.2) is 0 Å². The number of aliphatic hydroxyl groups excluding tert-OH is 1. The third-order valence-corrected chi connectivity index (χ3v) is 4.76. The number of anilines is 1. The summed E-state index contributed by atoms with van der Waals surface area (Å²) < 4.78 is 18.8. The fourth-order valence-electron chi connectivity index (χ4n) is 3.22. The Hall–Kier alpha value is -3.11. The van der Waals surface area contributed by atoms with Crippen LogP contribution < -0.4 is 16.0 Å². The number of ether oxygens (including phenoxy) is 1. The van der Waals surface area contributed by atoms with E-state index in [1.807, 2.05) is 0 Å². The molecule has 1 aromatic heterocycles. The fourth-order valence-corrected chi connectivity index (χ4v) is 3.22. The van der Waals surface area contributed by atoms with Crippen molar-refractivity contribution in [2.45, 2.75) is 37.5 Å². The lowest BCUT2D eigenvalue weighted by Gasteiger charge is -2.36. The number of rotatable bonds is 7. The van der Waals surface area contributed by atoms with E-state index in [1.165, 1.54) is 42.9 Å². The second kappa shape index (κ2) is 10.6. The first-order valence-electron chi connectivity index (χ1n) is 9.68. The van der Waals surface area contributed by atoms with Gasteiger partial charge in [0.25, 0.3) is 5.91 Å². The zero-order chi connectivity index (χ0) is 21.3. The number of hydrogen-bond acceptors (Lipinski definition) is 6. The van der Waals surface area contributed by atoms with Gasteiger partial charge < -0.3 is 25.8 Å². The number of urea groups is 1. The molecule has 3 amide bonds. The summed E-state index contributed by atoms with van der Waals surface area (Å²) in [4.78, 5) is 32.0. The van der Waals surface area contributed by atoms with Crippen LogP contribution in [0, 0.1) is 5.82 Å². The molecule has 1 aromatic carbocycles. The molecule has 3 rings (SSSR count). The van der Waals surface area contributed by atoms with Crippen LogP contribution in [0.3, 0.4) is 0 Å². The van der Waals surface area contributed by atoms with Crippen LogP contribution in [0.5, 0.6) is 0 Å². The molecule has 1 fully saturated rings. The van der Waals surface area contributed by atoms with Crippen LogP contribution in [-0.4, -0.2) is 58.4 Å². The lowest BCUT2D eigenvalue weighted by Crippen LogP contribution is -2.51. The first-order valence-corrected chi connectivity index (χ1v) is 9.68. The van der Waals surface area contributed by atoms with Gasteiger partial charge in [0, 0.05) is 24.6 Å². The second-order valence-corrected chi connectivity index (χ2v) is 6.90. The van der Waals surface area contributed by atoms with Gasteiger partial charge in [-0.1, -0.05) is 0 Å². The van der Waals surface area contributed by atoms with Gasteiger partial charge in [-0.2, -0.15) is 0 Å². The number of benzene rings is 1. The quantitative estimate of drug-likeness (QED) is 0.541. The molecule has 1 aliphatic heterocycles. The van der Waals surface area contributed by atoms with Crippen molar-refractivity contribution in [3.05, 3.63) is 54.4 Å². The molecular formula is C20H24FN5O4. The number of aromatic nitrogens is 2. The highest BCUT2D eigenvalue weighted by molar-refractivity contribution is 5.92. The van der Waals surface area contributed by atoms with E-state index in [0.717, 1.165) is 0 Å². The first-order chi connectivity index (χ1) is 14.5. The molecule has 2 heterocycles. The minimum absolute atomic E-state index is 0.155. The minimum atomic E-state index is -0.544. The van der Waals surface area contributed by atoms with E-state index < -0.39 is 12.1 Å². The highest BCUT2D eigenvalue weighted by Crippen LogP contribution is 2.22. The fraction of sp³-hybridized carbons (Fsp3) is 0.400. The van der Waals surface area contributed by atoms with Crippen molar-refractivity contribution >= 4 is 17.6 Å². The molecule has 2 aromatic rings. The van der Waals surface area contributed by atoms with Gasteiger partial charge in [-0.25, -0.2) is 14.2 Å². The Morgan fingerprint density at radius 3 is 2.70 bits per heavy atom.